The van der Waals surface area contributed by atoms with Crippen molar-refractivity contribution in [3.63, 3.8) is 0 Å². The molecule has 2 heteroatoms. The summed E-state index contributed by atoms with van der Waals surface area (Å²) in [7, 11) is 0. The lowest BCUT2D eigenvalue weighted by molar-refractivity contribution is 0.240. The number of allylic oxidation sites excluding steroid dienone is 1. The van der Waals surface area contributed by atoms with Crippen LogP contribution in [0.25, 0.3) is 0 Å². The van der Waals surface area contributed by atoms with Gasteiger partial charge in [0.05, 0.1) is 6.10 Å². The fourth-order valence-corrected chi connectivity index (χ4v) is 2.31. The molecule has 1 rings (SSSR count). The summed E-state index contributed by atoms with van der Waals surface area (Å²) >= 11 is 1.66. The second kappa shape index (κ2) is 7.53. The van der Waals surface area contributed by atoms with Crippen molar-refractivity contribution >= 4 is 11.8 Å². The van der Waals surface area contributed by atoms with Gasteiger partial charge in [0, 0.05) is 9.80 Å². The first-order valence-electron chi connectivity index (χ1n) is 5.85. The van der Waals surface area contributed by atoms with E-state index in [4.69, 9.17) is 0 Å². The van der Waals surface area contributed by atoms with Crippen LogP contribution in [0.5, 0.6) is 0 Å². The highest BCUT2D eigenvalue weighted by molar-refractivity contribution is 8.03. The number of aliphatic hydroxyl groups is 1. The maximum absolute atomic E-state index is 9.68. The quantitative estimate of drug-likeness (QED) is 0.589. The summed E-state index contributed by atoms with van der Waals surface area (Å²) in [5.74, 6) is 0. The van der Waals surface area contributed by atoms with Gasteiger partial charge < -0.3 is 5.11 Å². The van der Waals surface area contributed by atoms with E-state index in [2.05, 4.69) is 25.1 Å². The predicted octanol–water partition coefficient (Wildman–Crippen LogP) is 4.23. The molecule has 0 fully saturated rings. The SMILES string of the molecule is CCCC/C=C(/Sc1ccccc1)[C@@H](C)O. The summed E-state index contributed by atoms with van der Waals surface area (Å²) in [6.45, 7) is 4.01. The largest absolute Gasteiger partial charge is 0.388 e. The standard InChI is InChI=1S/C14H20OS/c1-3-4-6-11-14(12(2)15)16-13-9-7-5-8-10-13/h5,7-12,15H,3-4,6H2,1-2H3/b14-11+/t12-/m1/s1. The van der Waals surface area contributed by atoms with E-state index in [1.54, 1.807) is 11.8 Å². The zero-order valence-corrected chi connectivity index (χ0v) is 10.8. The molecule has 0 spiro atoms. The number of hydrogen-bond acceptors (Lipinski definition) is 2. The van der Waals surface area contributed by atoms with E-state index in [1.807, 2.05) is 25.1 Å². The third kappa shape index (κ3) is 4.86. The topological polar surface area (TPSA) is 20.2 Å². The molecule has 1 N–H and O–H groups in total. The van der Waals surface area contributed by atoms with Crippen LogP contribution in [0.15, 0.2) is 46.2 Å². The molecular weight excluding hydrogens is 216 g/mol. The average Bonchev–Trinajstić information content (AvgIpc) is 2.29. The molecule has 1 aromatic carbocycles. The smallest absolute Gasteiger partial charge is 0.0820 e. The van der Waals surface area contributed by atoms with E-state index < -0.39 is 0 Å². The molecule has 16 heavy (non-hydrogen) atoms. The highest BCUT2D eigenvalue weighted by Crippen LogP contribution is 2.29. The molecule has 1 atom stereocenters. The number of rotatable bonds is 6. The van der Waals surface area contributed by atoms with Crippen LogP contribution in [-0.2, 0) is 0 Å². The van der Waals surface area contributed by atoms with Crippen molar-refractivity contribution in [1.29, 1.82) is 0 Å². The summed E-state index contributed by atoms with van der Waals surface area (Å²) in [5, 5.41) is 9.68. The maximum Gasteiger partial charge on any atom is 0.0820 e. The molecule has 0 saturated heterocycles. The Balaban J connectivity index is 2.61. The molecule has 0 aromatic heterocycles. The molecule has 0 amide bonds. The van der Waals surface area contributed by atoms with Crippen LogP contribution in [0.2, 0.25) is 0 Å². The van der Waals surface area contributed by atoms with E-state index in [0.29, 0.717) is 0 Å². The van der Waals surface area contributed by atoms with Gasteiger partial charge >= 0.3 is 0 Å². The molecule has 1 aromatic rings. The normalized spacial score (nSPS) is 13.8. The van der Waals surface area contributed by atoms with E-state index in [-0.39, 0.29) is 6.10 Å². The van der Waals surface area contributed by atoms with Gasteiger partial charge in [-0.05, 0) is 25.5 Å². The molecule has 0 aliphatic carbocycles. The second-order valence-electron chi connectivity index (χ2n) is 3.84. The Hall–Kier alpha value is -0.730. The summed E-state index contributed by atoms with van der Waals surface area (Å²) in [5.41, 5.74) is 0. The minimum atomic E-state index is -0.373. The van der Waals surface area contributed by atoms with E-state index in [9.17, 15) is 5.11 Å². The number of unbranched alkanes of at least 4 members (excludes halogenated alkanes) is 2. The van der Waals surface area contributed by atoms with Gasteiger partial charge in [0.1, 0.15) is 0 Å². The fourth-order valence-electron chi connectivity index (χ4n) is 1.37. The minimum absolute atomic E-state index is 0.373. The van der Waals surface area contributed by atoms with Crippen LogP contribution in [0.3, 0.4) is 0 Å². The van der Waals surface area contributed by atoms with Crippen molar-refractivity contribution in [2.75, 3.05) is 0 Å². The van der Waals surface area contributed by atoms with Crippen molar-refractivity contribution in [2.24, 2.45) is 0 Å². The van der Waals surface area contributed by atoms with Crippen LogP contribution in [0.4, 0.5) is 0 Å². The summed E-state index contributed by atoms with van der Waals surface area (Å²) in [6.07, 6.45) is 5.22. The lowest BCUT2D eigenvalue weighted by atomic mass is 10.2. The van der Waals surface area contributed by atoms with Crippen LogP contribution >= 0.6 is 11.8 Å². The highest BCUT2D eigenvalue weighted by atomic mass is 32.2. The fraction of sp³-hybridized carbons (Fsp3) is 0.429. The van der Waals surface area contributed by atoms with Crippen LogP contribution < -0.4 is 0 Å². The van der Waals surface area contributed by atoms with Crippen molar-refractivity contribution in [1.82, 2.24) is 0 Å². The average molecular weight is 236 g/mol. The number of benzene rings is 1. The van der Waals surface area contributed by atoms with Crippen molar-refractivity contribution in [3.8, 4) is 0 Å². The van der Waals surface area contributed by atoms with Gasteiger partial charge in [-0.15, -0.1) is 0 Å². The predicted molar refractivity (Wildman–Crippen MR) is 71.6 cm³/mol. The van der Waals surface area contributed by atoms with E-state index in [0.717, 1.165) is 11.3 Å². The number of hydrogen-bond donors (Lipinski definition) is 1. The lowest BCUT2D eigenvalue weighted by Gasteiger charge is -2.10. The number of aliphatic hydroxyl groups excluding tert-OH is 1. The van der Waals surface area contributed by atoms with Gasteiger partial charge in [0.15, 0.2) is 0 Å². The van der Waals surface area contributed by atoms with Crippen LogP contribution in [0.1, 0.15) is 33.1 Å². The maximum atomic E-state index is 9.68. The van der Waals surface area contributed by atoms with Gasteiger partial charge in [-0.3, -0.25) is 0 Å². The van der Waals surface area contributed by atoms with Gasteiger partial charge in [0.2, 0.25) is 0 Å². The molecule has 0 bridgehead atoms. The van der Waals surface area contributed by atoms with Gasteiger partial charge in [-0.1, -0.05) is 55.8 Å². The summed E-state index contributed by atoms with van der Waals surface area (Å²) in [6, 6.07) is 10.2. The third-order valence-electron chi connectivity index (χ3n) is 2.29. The molecule has 0 aliphatic rings. The lowest BCUT2D eigenvalue weighted by Crippen LogP contribution is -2.01. The van der Waals surface area contributed by atoms with Crippen LogP contribution in [0, 0.1) is 0 Å². The second-order valence-corrected chi connectivity index (χ2v) is 4.99. The Kier molecular flexibility index (Phi) is 6.27. The van der Waals surface area contributed by atoms with Crippen molar-refractivity contribution < 1.29 is 5.11 Å². The molecule has 0 unspecified atom stereocenters. The first kappa shape index (κ1) is 13.3. The zero-order valence-electron chi connectivity index (χ0n) is 10.0. The van der Waals surface area contributed by atoms with Crippen molar-refractivity contribution in [2.45, 2.75) is 44.1 Å². The first-order chi connectivity index (χ1) is 7.74. The van der Waals surface area contributed by atoms with E-state index >= 15 is 0 Å². The molecule has 0 radical (unpaired) electrons. The van der Waals surface area contributed by atoms with E-state index in [1.165, 1.54) is 17.7 Å². The Morgan fingerprint density at radius 2 is 2.06 bits per heavy atom. The van der Waals surface area contributed by atoms with Gasteiger partial charge in [-0.25, -0.2) is 0 Å². The third-order valence-corrected chi connectivity index (χ3v) is 3.55. The molecule has 88 valence electrons. The Morgan fingerprint density at radius 1 is 1.38 bits per heavy atom. The Labute approximate surface area is 103 Å². The monoisotopic (exact) mass is 236 g/mol. The molecular formula is C14H20OS. The van der Waals surface area contributed by atoms with Gasteiger partial charge in [-0.2, -0.15) is 0 Å². The van der Waals surface area contributed by atoms with Gasteiger partial charge in [0.25, 0.3) is 0 Å². The summed E-state index contributed by atoms with van der Waals surface area (Å²) < 4.78 is 0. The van der Waals surface area contributed by atoms with Crippen LogP contribution in [-0.4, -0.2) is 11.2 Å². The minimum Gasteiger partial charge on any atom is -0.388 e. The highest BCUT2D eigenvalue weighted by Gasteiger charge is 2.06. The molecule has 0 heterocycles. The summed E-state index contributed by atoms with van der Waals surface area (Å²) in [4.78, 5) is 2.24. The first-order valence-corrected chi connectivity index (χ1v) is 6.66. The Bertz CT molecular complexity index is 317. The molecule has 0 saturated carbocycles. The van der Waals surface area contributed by atoms with Crippen molar-refractivity contribution in [3.05, 3.63) is 41.3 Å². The zero-order chi connectivity index (χ0) is 11.8. The molecule has 0 aliphatic heterocycles. The molecule has 1 nitrogen and oxygen atoms in total. The Morgan fingerprint density at radius 3 is 2.62 bits per heavy atom. The number of thioether (sulfide) groups is 1.